The van der Waals surface area contributed by atoms with Crippen molar-refractivity contribution >= 4 is 11.8 Å². The molecule has 0 atom stereocenters. The monoisotopic (exact) mass is 312 g/mol. The van der Waals surface area contributed by atoms with Crippen molar-refractivity contribution in [2.24, 2.45) is 0 Å². The van der Waals surface area contributed by atoms with Crippen molar-refractivity contribution in [3.63, 3.8) is 0 Å². The fourth-order valence-electron chi connectivity index (χ4n) is 3.76. The van der Waals surface area contributed by atoms with Crippen LogP contribution < -0.4 is 10.6 Å². The second kappa shape index (κ2) is 6.54. The number of carbonyl (C=O) groups excluding carboxylic acids is 2. The molecule has 126 valence electrons. The van der Waals surface area contributed by atoms with Gasteiger partial charge in [-0.05, 0) is 27.7 Å². The van der Waals surface area contributed by atoms with Crippen molar-refractivity contribution < 1.29 is 18.6 Å². The lowest BCUT2D eigenvalue weighted by molar-refractivity contribution is -1.07. The summed E-state index contributed by atoms with van der Waals surface area (Å²) in [4.78, 5) is 24.2. The van der Waals surface area contributed by atoms with E-state index in [1.165, 1.54) is 0 Å². The number of hydrogen-bond acceptors (Lipinski definition) is 2. The number of nitrogens with one attached hydrogen (secondary N) is 2. The molecule has 0 aromatic rings. The number of nitrogens with zero attached hydrogens (tertiary/aromatic N) is 2. The van der Waals surface area contributed by atoms with Gasteiger partial charge in [-0.15, -0.1) is 0 Å². The molecule has 6 heteroatoms. The number of carbonyl (C=O) groups is 2. The Morgan fingerprint density at radius 3 is 1.23 bits per heavy atom. The summed E-state index contributed by atoms with van der Waals surface area (Å²) in [6, 6.07) is 0.407. The van der Waals surface area contributed by atoms with Gasteiger partial charge in [0, 0.05) is 12.1 Å². The molecular formula is C16H32N4O2+2. The van der Waals surface area contributed by atoms with Crippen LogP contribution in [0.1, 0.15) is 27.7 Å². The van der Waals surface area contributed by atoms with Crippen LogP contribution in [-0.2, 0) is 9.59 Å². The first-order valence-corrected chi connectivity index (χ1v) is 8.53. The van der Waals surface area contributed by atoms with Crippen LogP contribution in [-0.4, -0.2) is 85.2 Å². The van der Waals surface area contributed by atoms with E-state index in [0.717, 1.165) is 48.2 Å². The van der Waals surface area contributed by atoms with Crippen molar-refractivity contribution in [1.29, 1.82) is 0 Å². The van der Waals surface area contributed by atoms with Gasteiger partial charge in [0.2, 0.25) is 0 Å². The zero-order valence-electron chi connectivity index (χ0n) is 14.5. The first-order chi connectivity index (χ1) is 10.2. The van der Waals surface area contributed by atoms with Crippen molar-refractivity contribution in [2.75, 3.05) is 52.4 Å². The molecule has 0 radical (unpaired) electrons. The normalized spacial score (nSPS) is 30.6. The minimum atomic E-state index is 0.162. The second-order valence-corrected chi connectivity index (χ2v) is 7.79. The van der Waals surface area contributed by atoms with Gasteiger partial charge in [-0.3, -0.25) is 9.59 Å². The van der Waals surface area contributed by atoms with Gasteiger partial charge in [0.1, 0.15) is 39.3 Å². The maximum Gasteiger partial charge on any atom is 0.275 e. The fraction of sp³-hybridized carbons (Fsp3) is 0.875. The third-order valence-electron chi connectivity index (χ3n) is 5.00. The molecule has 6 nitrogen and oxygen atoms in total. The molecule has 3 heterocycles. The van der Waals surface area contributed by atoms with E-state index >= 15 is 0 Å². The zero-order valence-corrected chi connectivity index (χ0v) is 14.5. The lowest BCUT2D eigenvalue weighted by Crippen LogP contribution is -2.77. The van der Waals surface area contributed by atoms with Crippen LogP contribution in [0.25, 0.3) is 0 Å². The summed E-state index contributed by atoms with van der Waals surface area (Å²) in [5, 5.41) is 6.01. The average Bonchev–Trinajstić information content (AvgIpc) is 2.38. The molecular weight excluding hydrogens is 280 g/mol. The number of rotatable bonds is 6. The summed E-state index contributed by atoms with van der Waals surface area (Å²) in [7, 11) is 0. The van der Waals surface area contributed by atoms with Crippen molar-refractivity contribution in [3.8, 4) is 0 Å². The van der Waals surface area contributed by atoms with Crippen LogP contribution in [0.3, 0.4) is 0 Å². The van der Waals surface area contributed by atoms with E-state index in [4.69, 9.17) is 0 Å². The van der Waals surface area contributed by atoms with Gasteiger partial charge in [-0.1, -0.05) is 0 Å². The summed E-state index contributed by atoms with van der Waals surface area (Å²) in [6.07, 6.45) is 0. The molecule has 0 saturated carbocycles. The summed E-state index contributed by atoms with van der Waals surface area (Å²) in [6.45, 7) is 15.3. The molecule has 0 aliphatic carbocycles. The minimum Gasteiger partial charge on any atom is -0.349 e. The van der Waals surface area contributed by atoms with Gasteiger partial charge in [-0.2, -0.15) is 0 Å². The molecule has 0 spiro atoms. The third-order valence-corrected chi connectivity index (χ3v) is 5.00. The maximum atomic E-state index is 12.1. The van der Waals surface area contributed by atoms with Crippen LogP contribution in [0.4, 0.5) is 0 Å². The lowest BCUT2D eigenvalue weighted by atomic mass is 10.1. The van der Waals surface area contributed by atoms with E-state index < -0.39 is 0 Å². The van der Waals surface area contributed by atoms with Crippen LogP contribution >= 0.6 is 0 Å². The second-order valence-electron chi connectivity index (χ2n) is 7.79. The summed E-state index contributed by atoms with van der Waals surface area (Å²) in [5.41, 5.74) is 0. The highest BCUT2D eigenvalue weighted by atomic mass is 16.2. The summed E-state index contributed by atoms with van der Waals surface area (Å²) in [5.74, 6) is 0.323. The van der Waals surface area contributed by atoms with Crippen LogP contribution in [0, 0.1) is 0 Å². The molecule has 3 rings (SSSR count). The number of quaternary nitrogens is 2. The first kappa shape index (κ1) is 17.2. The molecule has 0 aromatic heterocycles. The first-order valence-electron chi connectivity index (χ1n) is 8.53. The molecule has 2 N–H and O–H groups in total. The molecule has 3 aliphatic heterocycles. The van der Waals surface area contributed by atoms with Crippen molar-refractivity contribution in [3.05, 3.63) is 0 Å². The molecule has 0 aromatic carbocycles. The number of amides is 2. The SMILES string of the molecule is CC(C)NC(=O)C[N+]12CC[N+](CC(=O)NC(C)C)(CC1)CC2. The number of hydrogen-bond donors (Lipinski definition) is 2. The Morgan fingerprint density at radius 2 is 1.00 bits per heavy atom. The van der Waals surface area contributed by atoms with Crippen molar-refractivity contribution in [2.45, 2.75) is 39.8 Å². The summed E-state index contributed by atoms with van der Waals surface area (Å²) >= 11 is 0. The van der Waals surface area contributed by atoms with E-state index in [2.05, 4.69) is 10.6 Å². The van der Waals surface area contributed by atoms with E-state index in [1.807, 2.05) is 27.7 Å². The minimum absolute atomic E-state index is 0.162. The van der Waals surface area contributed by atoms with E-state index in [1.54, 1.807) is 0 Å². The van der Waals surface area contributed by atoms with Gasteiger partial charge in [0.25, 0.3) is 11.8 Å². The zero-order chi connectivity index (χ0) is 16.4. The van der Waals surface area contributed by atoms with Gasteiger partial charge in [0.15, 0.2) is 13.1 Å². The number of fused-ring (bicyclic) bond motifs is 3. The quantitative estimate of drug-likeness (QED) is 0.662. The third kappa shape index (κ3) is 4.20. The Morgan fingerprint density at radius 1 is 0.727 bits per heavy atom. The highest BCUT2D eigenvalue weighted by molar-refractivity contribution is 5.77. The number of piperazine rings is 3. The van der Waals surface area contributed by atoms with Gasteiger partial charge >= 0.3 is 0 Å². The molecule has 3 fully saturated rings. The predicted molar refractivity (Wildman–Crippen MR) is 86.0 cm³/mol. The van der Waals surface area contributed by atoms with E-state index in [-0.39, 0.29) is 23.9 Å². The molecule has 0 unspecified atom stereocenters. The van der Waals surface area contributed by atoms with Gasteiger partial charge in [0.05, 0.1) is 0 Å². The Balaban J connectivity index is 1.88. The standard InChI is InChI=1S/C16H30N4O2/c1-13(2)17-15(21)11-19-5-8-20(9-6-19,10-7-19)12-16(22)18-14(3)4/h13-14H,5-12H2,1-4H3/p+2. The lowest BCUT2D eigenvalue weighted by Gasteiger charge is -2.54. The van der Waals surface area contributed by atoms with Crippen LogP contribution in [0.5, 0.6) is 0 Å². The Hall–Kier alpha value is -1.14. The van der Waals surface area contributed by atoms with E-state index in [9.17, 15) is 9.59 Å². The highest BCUT2D eigenvalue weighted by Gasteiger charge is 2.50. The van der Waals surface area contributed by atoms with Crippen molar-refractivity contribution in [1.82, 2.24) is 10.6 Å². The fourth-order valence-corrected chi connectivity index (χ4v) is 3.76. The highest BCUT2D eigenvalue weighted by Crippen LogP contribution is 2.26. The summed E-state index contributed by atoms with van der Waals surface area (Å²) < 4.78 is 1.81. The molecule has 3 aliphatic rings. The Bertz CT molecular complexity index is 369. The molecule has 2 bridgehead atoms. The van der Waals surface area contributed by atoms with E-state index in [0.29, 0.717) is 13.1 Å². The molecule has 3 saturated heterocycles. The predicted octanol–water partition coefficient (Wildman–Crippen LogP) is -0.304. The molecule has 22 heavy (non-hydrogen) atoms. The largest absolute Gasteiger partial charge is 0.349 e. The maximum absolute atomic E-state index is 12.1. The van der Waals surface area contributed by atoms with Crippen LogP contribution in [0.2, 0.25) is 0 Å². The van der Waals surface area contributed by atoms with Gasteiger partial charge in [-0.25, -0.2) is 0 Å². The molecule has 2 amide bonds. The smallest absolute Gasteiger partial charge is 0.275 e. The average molecular weight is 312 g/mol. The Labute approximate surface area is 134 Å². The Kier molecular flexibility index (Phi) is 5.12. The topological polar surface area (TPSA) is 58.2 Å². The van der Waals surface area contributed by atoms with Crippen LogP contribution in [0.15, 0.2) is 0 Å². The van der Waals surface area contributed by atoms with Gasteiger partial charge < -0.3 is 19.6 Å².